The maximum atomic E-state index is 12.0. The molecule has 1 rings (SSSR count). The van der Waals surface area contributed by atoms with Gasteiger partial charge >= 0.3 is 5.97 Å². The second-order valence-corrected chi connectivity index (χ2v) is 6.09. The minimum atomic E-state index is -0.668. The van der Waals surface area contributed by atoms with Gasteiger partial charge in [-0.05, 0) is 33.1 Å². The molecule has 1 fully saturated rings. The largest absolute Gasteiger partial charge is 0.468 e. The monoisotopic (exact) mass is 301 g/mol. The van der Waals surface area contributed by atoms with Crippen molar-refractivity contribution in [2.45, 2.75) is 70.6 Å². The Bertz CT molecular complexity index is 307. The molecular formula is C16H31NO4. The second-order valence-electron chi connectivity index (χ2n) is 6.09. The first-order valence-electron chi connectivity index (χ1n) is 8.07. The maximum Gasteiger partial charge on any atom is 0.325 e. The number of nitrogens with one attached hydrogen (secondary N) is 1. The molecule has 21 heavy (non-hydrogen) atoms. The second kappa shape index (κ2) is 9.38. The first kappa shape index (κ1) is 18.4. The van der Waals surface area contributed by atoms with E-state index < -0.39 is 5.54 Å². The molecule has 0 spiro atoms. The van der Waals surface area contributed by atoms with E-state index >= 15 is 0 Å². The highest BCUT2D eigenvalue weighted by atomic mass is 16.5. The smallest absolute Gasteiger partial charge is 0.325 e. The number of methoxy groups -OCH3 is 1. The van der Waals surface area contributed by atoms with Crippen LogP contribution in [0.4, 0.5) is 0 Å². The first-order chi connectivity index (χ1) is 10.0. The summed E-state index contributed by atoms with van der Waals surface area (Å²) in [5.41, 5.74) is -0.668. The summed E-state index contributed by atoms with van der Waals surface area (Å²) in [4.78, 5) is 12.0. The van der Waals surface area contributed by atoms with Crippen LogP contribution in [-0.2, 0) is 19.0 Å². The highest BCUT2D eigenvalue weighted by molar-refractivity contribution is 5.80. The average molecular weight is 301 g/mol. The number of unbranched alkanes of at least 4 members (excludes halogenated alkanes) is 1. The Morgan fingerprint density at radius 1 is 1.33 bits per heavy atom. The fraction of sp³-hybridized carbons (Fsp3) is 0.938. The van der Waals surface area contributed by atoms with Gasteiger partial charge in [-0.3, -0.25) is 10.1 Å². The summed E-state index contributed by atoms with van der Waals surface area (Å²) >= 11 is 0. The number of hydrogen-bond donors (Lipinski definition) is 1. The predicted molar refractivity (Wildman–Crippen MR) is 82.3 cm³/mol. The number of esters is 1. The molecule has 0 amide bonds. The SMILES string of the molecule is CCCCOCCOC(C)CC(C)(NC1CC1)C(=O)OC. The number of carbonyl (C=O) groups excluding carboxylic acids is 1. The lowest BCUT2D eigenvalue weighted by atomic mass is 9.94. The van der Waals surface area contributed by atoms with Crippen LogP contribution in [0.5, 0.6) is 0 Å². The Balaban J connectivity index is 2.27. The minimum Gasteiger partial charge on any atom is -0.468 e. The van der Waals surface area contributed by atoms with Crippen molar-refractivity contribution in [3.8, 4) is 0 Å². The Kier molecular flexibility index (Phi) is 8.22. The van der Waals surface area contributed by atoms with E-state index in [0.717, 1.165) is 32.3 Å². The summed E-state index contributed by atoms with van der Waals surface area (Å²) in [6, 6.07) is 0.443. The molecule has 1 N–H and O–H groups in total. The molecule has 0 aliphatic heterocycles. The molecule has 5 heteroatoms. The first-order valence-corrected chi connectivity index (χ1v) is 8.07. The molecule has 5 nitrogen and oxygen atoms in total. The van der Waals surface area contributed by atoms with Crippen molar-refractivity contribution >= 4 is 5.97 Å². The van der Waals surface area contributed by atoms with E-state index in [1.807, 2.05) is 13.8 Å². The van der Waals surface area contributed by atoms with Gasteiger partial charge in [0.25, 0.3) is 0 Å². The highest BCUT2D eigenvalue weighted by Crippen LogP contribution is 2.26. The zero-order valence-electron chi connectivity index (χ0n) is 13.9. The van der Waals surface area contributed by atoms with Gasteiger partial charge in [0, 0.05) is 19.1 Å². The van der Waals surface area contributed by atoms with Crippen LogP contribution in [0.15, 0.2) is 0 Å². The van der Waals surface area contributed by atoms with E-state index in [1.54, 1.807) is 0 Å². The number of rotatable bonds is 12. The molecule has 0 heterocycles. The van der Waals surface area contributed by atoms with Gasteiger partial charge in [0.15, 0.2) is 0 Å². The Morgan fingerprint density at radius 3 is 2.62 bits per heavy atom. The van der Waals surface area contributed by atoms with Gasteiger partial charge < -0.3 is 14.2 Å². The zero-order chi connectivity index (χ0) is 15.7. The lowest BCUT2D eigenvalue weighted by Crippen LogP contribution is -2.53. The van der Waals surface area contributed by atoms with Gasteiger partial charge in [0.2, 0.25) is 0 Å². The van der Waals surface area contributed by atoms with Gasteiger partial charge in [-0.25, -0.2) is 0 Å². The predicted octanol–water partition coefficient (Wildman–Crippen LogP) is 2.28. The topological polar surface area (TPSA) is 56.8 Å². The van der Waals surface area contributed by atoms with Crippen LogP contribution in [0.2, 0.25) is 0 Å². The summed E-state index contributed by atoms with van der Waals surface area (Å²) in [6.07, 6.45) is 5.07. The summed E-state index contributed by atoms with van der Waals surface area (Å²) in [5.74, 6) is -0.218. The van der Waals surface area contributed by atoms with Crippen LogP contribution >= 0.6 is 0 Å². The maximum absolute atomic E-state index is 12.0. The van der Waals surface area contributed by atoms with E-state index in [1.165, 1.54) is 7.11 Å². The molecule has 124 valence electrons. The average Bonchev–Trinajstić information content (AvgIpc) is 3.25. The van der Waals surface area contributed by atoms with Crippen LogP contribution in [0.25, 0.3) is 0 Å². The summed E-state index contributed by atoms with van der Waals surface area (Å²) in [5, 5.41) is 3.38. The molecule has 2 unspecified atom stereocenters. The van der Waals surface area contributed by atoms with Crippen molar-refractivity contribution < 1.29 is 19.0 Å². The van der Waals surface area contributed by atoms with Gasteiger partial charge in [0.1, 0.15) is 5.54 Å². The van der Waals surface area contributed by atoms with Crippen LogP contribution < -0.4 is 5.32 Å². The molecule has 0 bridgehead atoms. The molecule has 1 saturated carbocycles. The molecule has 0 saturated heterocycles. The van der Waals surface area contributed by atoms with E-state index in [-0.39, 0.29) is 12.1 Å². The Labute approximate surface area is 128 Å². The van der Waals surface area contributed by atoms with Crippen molar-refractivity contribution in [3.63, 3.8) is 0 Å². The molecular weight excluding hydrogens is 270 g/mol. The van der Waals surface area contributed by atoms with Crippen LogP contribution in [0.3, 0.4) is 0 Å². The standard InChI is InChI=1S/C16H31NO4/c1-5-6-9-20-10-11-21-13(2)12-16(3,15(18)19-4)17-14-7-8-14/h13-14,17H,5-12H2,1-4H3. The van der Waals surface area contributed by atoms with Crippen molar-refractivity contribution in [1.82, 2.24) is 5.32 Å². The molecule has 1 aliphatic carbocycles. The van der Waals surface area contributed by atoms with Gasteiger partial charge in [-0.15, -0.1) is 0 Å². The van der Waals surface area contributed by atoms with E-state index in [9.17, 15) is 4.79 Å². The Morgan fingerprint density at radius 2 is 2.05 bits per heavy atom. The summed E-state index contributed by atoms with van der Waals surface area (Å²) in [7, 11) is 1.43. The van der Waals surface area contributed by atoms with Crippen LogP contribution in [-0.4, -0.2) is 50.6 Å². The van der Waals surface area contributed by atoms with E-state index in [2.05, 4.69) is 12.2 Å². The van der Waals surface area contributed by atoms with Gasteiger partial charge in [-0.2, -0.15) is 0 Å². The Hall–Kier alpha value is -0.650. The number of hydrogen-bond acceptors (Lipinski definition) is 5. The highest BCUT2D eigenvalue weighted by Gasteiger charge is 2.40. The third-order valence-electron chi connectivity index (χ3n) is 3.70. The van der Waals surface area contributed by atoms with Crippen molar-refractivity contribution in [2.75, 3.05) is 26.9 Å². The quantitative estimate of drug-likeness (QED) is 0.443. The van der Waals surface area contributed by atoms with Crippen molar-refractivity contribution in [2.24, 2.45) is 0 Å². The zero-order valence-corrected chi connectivity index (χ0v) is 13.9. The molecule has 0 aromatic rings. The summed E-state index contributed by atoms with van der Waals surface area (Å²) < 4.78 is 16.1. The molecule has 0 aromatic heterocycles. The normalized spacial score (nSPS) is 19.0. The third-order valence-corrected chi connectivity index (χ3v) is 3.70. The molecule has 1 aliphatic rings. The fourth-order valence-corrected chi connectivity index (χ4v) is 2.40. The minimum absolute atomic E-state index is 0.0184. The molecule has 2 atom stereocenters. The van der Waals surface area contributed by atoms with Crippen molar-refractivity contribution in [1.29, 1.82) is 0 Å². The molecule has 0 radical (unpaired) electrons. The van der Waals surface area contributed by atoms with Crippen LogP contribution in [0.1, 0.15) is 52.9 Å². The third kappa shape index (κ3) is 7.25. The van der Waals surface area contributed by atoms with E-state index in [4.69, 9.17) is 14.2 Å². The van der Waals surface area contributed by atoms with Gasteiger partial charge in [-0.1, -0.05) is 13.3 Å². The van der Waals surface area contributed by atoms with Crippen LogP contribution in [0, 0.1) is 0 Å². The number of ether oxygens (including phenoxy) is 3. The number of carbonyl (C=O) groups is 1. The molecule has 0 aromatic carbocycles. The van der Waals surface area contributed by atoms with E-state index in [0.29, 0.717) is 25.7 Å². The lowest BCUT2D eigenvalue weighted by Gasteiger charge is -2.30. The summed E-state index contributed by atoms with van der Waals surface area (Å²) in [6.45, 7) is 7.98. The fourth-order valence-electron chi connectivity index (χ4n) is 2.40. The van der Waals surface area contributed by atoms with Crippen molar-refractivity contribution in [3.05, 3.63) is 0 Å². The lowest BCUT2D eigenvalue weighted by molar-refractivity contribution is -0.149. The van der Waals surface area contributed by atoms with Gasteiger partial charge in [0.05, 0.1) is 26.4 Å².